The number of hydrogen-bond acceptors (Lipinski definition) is 2. The Bertz CT molecular complexity index is 828. The highest BCUT2D eigenvalue weighted by Gasteiger charge is 2.24. The Balaban J connectivity index is 1.49. The van der Waals surface area contributed by atoms with Gasteiger partial charge < -0.3 is 10.4 Å². The fourth-order valence-electron chi connectivity index (χ4n) is 3.65. The molecule has 0 heterocycles. The number of anilines is 1. The van der Waals surface area contributed by atoms with Crippen LogP contribution in [0.1, 0.15) is 53.9 Å². The minimum Gasteiger partial charge on any atom is -0.478 e. The van der Waals surface area contributed by atoms with Crippen LogP contribution in [0.5, 0.6) is 0 Å². The molecule has 0 bridgehead atoms. The number of nitrogens with one attached hydrogen (secondary N) is 1. The maximum Gasteiger partial charge on any atom is 0.335 e. The number of aromatic carboxylic acids is 1. The summed E-state index contributed by atoms with van der Waals surface area (Å²) in [6, 6.07) is 10.3. The average molecular weight is 373 g/mol. The number of hydrogen-bond donors (Lipinski definition) is 2. The fraction of sp³-hybridized carbons (Fsp3) is 0.333. The van der Waals surface area contributed by atoms with E-state index in [1.807, 2.05) is 12.1 Å². The Morgan fingerprint density at radius 3 is 2.22 bits per heavy atom. The number of amides is 1. The predicted molar refractivity (Wildman–Crippen MR) is 97.7 cm³/mol. The van der Waals surface area contributed by atoms with E-state index in [0.29, 0.717) is 12.3 Å². The Kier molecular flexibility index (Phi) is 5.84. The SMILES string of the molecule is O=C(CC1CCC(c2ccc(C(=O)O)cc2)CC1)Nc1ccc(F)c(F)c1. The Hall–Kier alpha value is -2.76. The van der Waals surface area contributed by atoms with Crippen molar-refractivity contribution in [1.82, 2.24) is 0 Å². The Morgan fingerprint density at radius 1 is 0.963 bits per heavy atom. The molecule has 4 nitrogen and oxygen atoms in total. The molecule has 1 aliphatic rings. The lowest BCUT2D eigenvalue weighted by atomic mass is 9.77. The van der Waals surface area contributed by atoms with E-state index in [9.17, 15) is 18.4 Å². The van der Waals surface area contributed by atoms with Crippen molar-refractivity contribution in [2.45, 2.75) is 38.0 Å². The fourth-order valence-corrected chi connectivity index (χ4v) is 3.65. The second-order valence-corrected chi connectivity index (χ2v) is 7.03. The third-order valence-corrected chi connectivity index (χ3v) is 5.15. The molecule has 142 valence electrons. The first-order valence-electron chi connectivity index (χ1n) is 9.00. The number of carboxylic acid groups (broad SMARTS) is 1. The van der Waals surface area contributed by atoms with Crippen molar-refractivity contribution < 1.29 is 23.5 Å². The summed E-state index contributed by atoms with van der Waals surface area (Å²) in [4.78, 5) is 23.1. The summed E-state index contributed by atoms with van der Waals surface area (Å²) in [7, 11) is 0. The molecule has 0 saturated heterocycles. The standard InChI is InChI=1S/C21H21F2NO3/c22-18-10-9-17(12-19(18)23)24-20(25)11-13-1-3-14(4-2-13)15-5-7-16(8-6-15)21(26)27/h5-10,12-14H,1-4,11H2,(H,24,25)(H,26,27). The average Bonchev–Trinajstić information content (AvgIpc) is 2.65. The van der Waals surface area contributed by atoms with Gasteiger partial charge in [-0.25, -0.2) is 13.6 Å². The highest BCUT2D eigenvalue weighted by Crippen LogP contribution is 2.37. The van der Waals surface area contributed by atoms with Gasteiger partial charge in [-0.1, -0.05) is 12.1 Å². The first-order chi connectivity index (χ1) is 12.9. The van der Waals surface area contributed by atoms with Crippen LogP contribution in [0.15, 0.2) is 42.5 Å². The summed E-state index contributed by atoms with van der Waals surface area (Å²) in [5.41, 5.74) is 1.66. The molecule has 1 aliphatic carbocycles. The number of carbonyl (C=O) groups excluding carboxylic acids is 1. The first-order valence-corrected chi connectivity index (χ1v) is 9.00. The van der Waals surface area contributed by atoms with Crippen LogP contribution in [0.3, 0.4) is 0 Å². The summed E-state index contributed by atoms with van der Waals surface area (Å²) >= 11 is 0. The quantitative estimate of drug-likeness (QED) is 0.778. The summed E-state index contributed by atoms with van der Waals surface area (Å²) < 4.78 is 26.1. The van der Waals surface area contributed by atoms with Gasteiger partial charge in [0, 0.05) is 18.2 Å². The zero-order valence-corrected chi connectivity index (χ0v) is 14.8. The first kappa shape index (κ1) is 19.0. The number of rotatable bonds is 5. The van der Waals surface area contributed by atoms with Crippen molar-refractivity contribution in [2.75, 3.05) is 5.32 Å². The van der Waals surface area contributed by atoms with E-state index in [4.69, 9.17) is 5.11 Å². The third kappa shape index (κ3) is 4.90. The third-order valence-electron chi connectivity index (χ3n) is 5.15. The van der Waals surface area contributed by atoms with Gasteiger partial charge in [-0.3, -0.25) is 4.79 Å². The molecule has 0 unspecified atom stereocenters. The van der Waals surface area contributed by atoms with Gasteiger partial charge in [-0.2, -0.15) is 0 Å². The van der Waals surface area contributed by atoms with Crippen molar-refractivity contribution >= 4 is 17.6 Å². The van der Waals surface area contributed by atoms with Crippen molar-refractivity contribution in [3.63, 3.8) is 0 Å². The van der Waals surface area contributed by atoms with Crippen LogP contribution >= 0.6 is 0 Å². The maximum absolute atomic E-state index is 13.2. The minimum absolute atomic E-state index is 0.199. The lowest BCUT2D eigenvalue weighted by Crippen LogP contribution is -2.20. The Labute approximate surface area is 156 Å². The van der Waals surface area contributed by atoms with Crippen LogP contribution in [0, 0.1) is 17.6 Å². The van der Waals surface area contributed by atoms with E-state index in [-0.39, 0.29) is 23.1 Å². The molecule has 1 fully saturated rings. The van der Waals surface area contributed by atoms with Gasteiger partial charge in [0.2, 0.25) is 5.91 Å². The molecule has 27 heavy (non-hydrogen) atoms. The molecular formula is C21H21F2NO3. The molecule has 6 heteroatoms. The lowest BCUT2D eigenvalue weighted by Gasteiger charge is -2.28. The summed E-state index contributed by atoms with van der Waals surface area (Å²) in [5.74, 6) is -2.43. The van der Waals surface area contributed by atoms with Gasteiger partial charge >= 0.3 is 5.97 Å². The maximum atomic E-state index is 13.2. The van der Waals surface area contributed by atoms with Crippen LogP contribution in [-0.2, 0) is 4.79 Å². The van der Waals surface area contributed by atoms with Gasteiger partial charge in [0.15, 0.2) is 11.6 Å². The van der Waals surface area contributed by atoms with Gasteiger partial charge in [-0.15, -0.1) is 0 Å². The molecule has 0 spiro atoms. The molecule has 0 radical (unpaired) electrons. The van der Waals surface area contributed by atoms with Crippen molar-refractivity contribution in [2.24, 2.45) is 5.92 Å². The predicted octanol–water partition coefficient (Wildman–Crippen LogP) is 4.97. The number of halogens is 2. The molecular weight excluding hydrogens is 352 g/mol. The van der Waals surface area contributed by atoms with Crippen molar-refractivity contribution in [1.29, 1.82) is 0 Å². The molecule has 2 N–H and O–H groups in total. The van der Waals surface area contributed by atoms with E-state index in [1.54, 1.807) is 12.1 Å². The zero-order chi connectivity index (χ0) is 19.4. The second kappa shape index (κ2) is 8.29. The van der Waals surface area contributed by atoms with E-state index in [0.717, 1.165) is 43.4 Å². The number of carboxylic acids is 1. The minimum atomic E-state index is -0.984. The smallest absolute Gasteiger partial charge is 0.335 e. The highest BCUT2D eigenvalue weighted by molar-refractivity contribution is 5.90. The van der Waals surface area contributed by atoms with E-state index in [1.165, 1.54) is 6.07 Å². The van der Waals surface area contributed by atoms with Crippen LogP contribution in [0.25, 0.3) is 0 Å². The van der Waals surface area contributed by atoms with Gasteiger partial charge in [-0.05, 0) is 67.3 Å². The van der Waals surface area contributed by atoms with Crippen LogP contribution in [0.2, 0.25) is 0 Å². The van der Waals surface area contributed by atoms with Crippen LogP contribution < -0.4 is 5.32 Å². The van der Waals surface area contributed by atoms with Crippen molar-refractivity contribution in [3.8, 4) is 0 Å². The van der Waals surface area contributed by atoms with E-state index >= 15 is 0 Å². The van der Waals surface area contributed by atoms with Crippen LogP contribution in [-0.4, -0.2) is 17.0 Å². The molecule has 0 atom stereocenters. The normalized spacial score (nSPS) is 19.5. The number of benzene rings is 2. The largest absolute Gasteiger partial charge is 0.478 e. The molecule has 1 amide bonds. The topological polar surface area (TPSA) is 66.4 Å². The molecule has 1 saturated carbocycles. The van der Waals surface area contributed by atoms with Gasteiger partial charge in [0.05, 0.1) is 5.56 Å². The summed E-state index contributed by atoms with van der Waals surface area (Å²) in [6.45, 7) is 0. The van der Waals surface area contributed by atoms with Gasteiger partial charge in [0.25, 0.3) is 0 Å². The zero-order valence-electron chi connectivity index (χ0n) is 14.8. The van der Waals surface area contributed by atoms with Crippen LogP contribution in [0.4, 0.5) is 14.5 Å². The molecule has 2 aromatic carbocycles. The molecule has 3 rings (SSSR count). The van der Waals surface area contributed by atoms with Crippen molar-refractivity contribution in [3.05, 3.63) is 65.2 Å². The highest BCUT2D eigenvalue weighted by atomic mass is 19.2. The van der Waals surface area contributed by atoms with Gasteiger partial charge in [0.1, 0.15) is 0 Å². The lowest BCUT2D eigenvalue weighted by molar-refractivity contribution is -0.117. The summed E-state index contributed by atoms with van der Waals surface area (Å²) in [6.07, 6.45) is 4.03. The van der Waals surface area contributed by atoms with E-state index in [2.05, 4.69) is 5.32 Å². The monoisotopic (exact) mass is 373 g/mol. The molecule has 2 aromatic rings. The second-order valence-electron chi connectivity index (χ2n) is 7.03. The Morgan fingerprint density at radius 2 is 1.63 bits per heavy atom. The molecule has 0 aliphatic heterocycles. The summed E-state index contributed by atoms with van der Waals surface area (Å²) in [5, 5.41) is 11.6. The molecule has 0 aromatic heterocycles. The van der Waals surface area contributed by atoms with E-state index < -0.39 is 17.6 Å². The number of carbonyl (C=O) groups is 2.